The molecule has 0 saturated heterocycles. The van der Waals surface area contributed by atoms with Gasteiger partial charge in [-0.05, 0) is 17.7 Å². The van der Waals surface area contributed by atoms with E-state index in [0.29, 0.717) is 6.42 Å². The van der Waals surface area contributed by atoms with Crippen molar-refractivity contribution in [3.05, 3.63) is 60.4 Å². The number of pyridine rings is 1. The first-order chi connectivity index (χ1) is 8.88. The number of fused-ring (bicyclic) bond motifs is 1. The summed E-state index contributed by atoms with van der Waals surface area (Å²) in [7, 11) is 0. The average molecular weight is 236 g/mol. The highest BCUT2D eigenvalue weighted by Crippen LogP contribution is 2.20. The Bertz CT molecular complexity index is 686. The summed E-state index contributed by atoms with van der Waals surface area (Å²) in [4.78, 5) is 15.0. The van der Waals surface area contributed by atoms with Gasteiger partial charge in [-0.1, -0.05) is 30.3 Å². The SMILES string of the molecule is O=CCc1ccn2c(-c3ccccc3)ncc2c1. The van der Waals surface area contributed by atoms with E-state index in [1.807, 2.05) is 59.3 Å². The second-order valence-electron chi connectivity index (χ2n) is 4.15. The lowest BCUT2D eigenvalue weighted by Gasteiger charge is -2.02. The fraction of sp³-hybridized carbons (Fsp3) is 0.0667. The summed E-state index contributed by atoms with van der Waals surface area (Å²) >= 11 is 0. The van der Waals surface area contributed by atoms with Crippen molar-refractivity contribution in [3.63, 3.8) is 0 Å². The van der Waals surface area contributed by atoms with Gasteiger partial charge in [-0.25, -0.2) is 4.98 Å². The van der Waals surface area contributed by atoms with Crippen molar-refractivity contribution in [1.29, 1.82) is 0 Å². The molecule has 2 heterocycles. The highest BCUT2D eigenvalue weighted by Gasteiger charge is 2.05. The summed E-state index contributed by atoms with van der Waals surface area (Å²) in [6.45, 7) is 0. The molecule has 0 aliphatic rings. The third-order valence-electron chi connectivity index (χ3n) is 2.95. The molecule has 88 valence electrons. The Morgan fingerprint density at radius 3 is 2.78 bits per heavy atom. The number of hydrogen-bond acceptors (Lipinski definition) is 2. The van der Waals surface area contributed by atoms with Gasteiger partial charge >= 0.3 is 0 Å². The van der Waals surface area contributed by atoms with Gasteiger partial charge in [-0.2, -0.15) is 0 Å². The summed E-state index contributed by atoms with van der Waals surface area (Å²) in [6, 6.07) is 14.0. The van der Waals surface area contributed by atoms with E-state index in [4.69, 9.17) is 0 Å². The Kier molecular flexibility index (Phi) is 2.65. The van der Waals surface area contributed by atoms with Crippen LogP contribution in [0.25, 0.3) is 16.9 Å². The normalized spacial score (nSPS) is 10.7. The maximum absolute atomic E-state index is 10.5. The van der Waals surface area contributed by atoms with Crippen LogP contribution in [0.3, 0.4) is 0 Å². The number of carbonyl (C=O) groups is 1. The molecule has 3 rings (SSSR count). The zero-order valence-corrected chi connectivity index (χ0v) is 9.78. The molecular weight excluding hydrogens is 224 g/mol. The molecule has 3 nitrogen and oxygen atoms in total. The lowest BCUT2D eigenvalue weighted by Crippen LogP contribution is -1.92. The molecular formula is C15H12N2O. The molecule has 0 N–H and O–H groups in total. The van der Waals surface area contributed by atoms with Crippen molar-refractivity contribution in [2.24, 2.45) is 0 Å². The molecule has 0 fully saturated rings. The quantitative estimate of drug-likeness (QED) is 0.655. The monoisotopic (exact) mass is 236 g/mol. The lowest BCUT2D eigenvalue weighted by molar-refractivity contribution is -0.107. The van der Waals surface area contributed by atoms with Crippen molar-refractivity contribution in [1.82, 2.24) is 9.38 Å². The first-order valence-electron chi connectivity index (χ1n) is 5.83. The Morgan fingerprint density at radius 1 is 1.17 bits per heavy atom. The topological polar surface area (TPSA) is 34.4 Å². The molecule has 0 saturated carbocycles. The van der Waals surface area contributed by atoms with E-state index < -0.39 is 0 Å². The van der Waals surface area contributed by atoms with Crippen LogP contribution in [0, 0.1) is 0 Å². The summed E-state index contributed by atoms with van der Waals surface area (Å²) in [5.74, 6) is 0.920. The fourth-order valence-corrected chi connectivity index (χ4v) is 2.07. The second kappa shape index (κ2) is 4.45. The molecule has 0 aliphatic heterocycles. The number of rotatable bonds is 3. The maximum Gasteiger partial charge on any atom is 0.144 e. The van der Waals surface area contributed by atoms with Crippen molar-refractivity contribution in [3.8, 4) is 11.4 Å². The summed E-state index contributed by atoms with van der Waals surface area (Å²) < 4.78 is 2.03. The number of hydrogen-bond donors (Lipinski definition) is 0. The van der Waals surface area contributed by atoms with Crippen LogP contribution in [0.2, 0.25) is 0 Å². The number of benzene rings is 1. The zero-order valence-electron chi connectivity index (χ0n) is 9.78. The molecule has 0 aliphatic carbocycles. The van der Waals surface area contributed by atoms with Gasteiger partial charge in [-0.15, -0.1) is 0 Å². The van der Waals surface area contributed by atoms with E-state index in [1.165, 1.54) is 0 Å². The average Bonchev–Trinajstić information content (AvgIpc) is 2.83. The van der Waals surface area contributed by atoms with E-state index in [9.17, 15) is 4.79 Å². The first kappa shape index (κ1) is 10.7. The highest BCUT2D eigenvalue weighted by atomic mass is 16.1. The highest BCUT2D eigenvalue weighted by molar-refractivity contribution is 5.64. The predicted octanol–water partition coefficient (Wildman–Crippen LogP) is 2.74. The van der Waals surface area contributed by atoms with Crippen LogP contribution >= 0.6 is 0 Å². The maximum atomic E-state index is 10.5. The number of imidazole rings is 1. The van der Waals surface area contributed by atoms with Crippen molar-refractivity contribution < 1.29 is 4.79 Å². The van der Waals surface area contributed by atoms with E-state index in [2.05, 4.69) is 4.98 Å². The van der Waals surface area contributed by atoms with Gasteiger partial charge in [0, 0.05) is 18.2 Å². The molecule has 1 aromatic carbocycles. The van der Waals surface area contributed by atoms with Gasteiger partial charge in [0.15, 0.2) is 0 Å². The van der Waals surface area contributed by atoms with Gasteiger partial charge < -0.3 is 4.79 Å². The molecule has 3 heteroatoms. The predicted molar refractivity (Wildman–Crippen MR) is 70.4 cm³/mol. The van der Waals surface area contributed by atoms with E-state index in [0.717, 1.165) is 28.8 Å². The van der Waals surface area contributed by atoms with E-state index >= 15 is 0 Å². The Labute approximate surface area is 105 Å². The molecule has 3 aromatic rings. The Hall–Kier alpha value is -2.42. The van der Waals surface area contributed by atoms with Crippen LogP contribution in [-0.2, 0) is 11.2 Å². The van der Waals surface area contributed by atoms with Crippen LogP contribution in [0.1, 0.15) is 5.56 Å². The molecule has 0 bridgehead atoms. The number of aromatic nitrogens is 2. The minimum absolute atomic E-state index is 0.447. The van der Waals surface area contributed by atoms with Crippen LogP contribution < -0.4 is 0 Å². The minimum atomic E-state index is 0.447. The van der Waals surface area contributed by atoms with Crippen LogP contribution in [-0.4, -0.2) is 15.7 Å². The summed E-state index contributed by atoms with van der Waals surface area (Å²) in [5, 5.41) is 0. The molecule has 0 unspecified atom stereocenters. The van der Waals surface area contributed by atoms with E-state index in [-0.39, 0.29) is 0 Å². The van der Waals surface area contributed by atoms with Crippen molar-refractivity contribution >= 4 is 11.8 Å². The summed E-state index contributed by atoms with van der Waals surface area (Å²) in [6.07, 6.45) is 5.16. The molecule has 0 radical (unpaired) electrons. The molecule has 2 aromatic heterocycles. The van der Waals surface area contributed by atoms with E-state index in [1.54, 1.807) is 0 Å². The lowest BCUT2D eigenvalue weighted by atomic mass is 10.2. The van der Waals surface area contributed by atoms with Gasteiger partial charge in [-0.3, -0.25) is 4.40 Å². The number of carbonyl (C=O) groups excluding carboxylic acids is 1. The Morgan fingerprint density at radius 2 is 2.00 bits per heavy atom. The Balaban J connectivity index is 2.13. The molecule has 0 amide bonds. The van der Waals surface area contributed by atoms with Crippen LogP contribution in [0.4, 0.5) is 0 Å². The van der Waals surface area contributed by atoms with Crippen molar-refractivity contribution in [2.45, 2.75) is 6.42 Å². The van der Waals surface area contributed by atoms with Gasteiger partial charge in [0.2, 0.25) is 0 Å². The largest absolute Gasteiger partial charge is 0.303 e. The third kappa shape index (κ3) is 1.80. The van der Waals surface area contributed by atoms with Crippen LogP contribution in [0.15, 0.2) is 54.9 Å². The summed E-state index contributed by atoms with van der Waals surface area (Å²) in [5.41, 5.74) is 3.10. The number of aldehydes is 1. The zero-order chi connectivity index (χ0) is 12.4. The number of nitrogens with zero attached hydrogens (tertiary/aromatic N) is 2. The third-order valence-corrected chi connectivity index (χ3v) is 2.95. The second-order valence-corrected chi connectivity index (χ2v) is 4.15. The van der Waals surface area contributed by atoms with Gasteiger partial charge in [0.05, 0.1) is 11.7 Å². The fourth-order valence-electron chi connectivity index (χ4n) is 2.07. The standard InChI is InChI=1S/C15H12N2O/c18-9-7-12-6-8-17-14(10-12)11-16-15(17)13-4-2-1-3-5-13/h1-6,8-11H,7H2. The minimum Gasteiger partial charge on any atom is -0.303 e. The molecule has 0 spiro atoms. The smallest absolute Gasteiger partial charge is 0.144 e. The van der Waals surface area contributed by atoms with Crippen LogP contribution in [0.5, 0.6) is 0 Å². The first-order valence-corrected chi connectivity index (χ1v) is 5.83. The van der Waals surface area contributed by atoms with Gasteiger partial charge in [0.1, 0.15) is 12.1 Å². The molecule has 18 heavy (non-hydrogen) atoms. The van der Waals surface area contributed by atoms with Crippen molar-refractivity contribution in [2.75, 3.05) is 0 Å². The molecule has 0 atom stereocenters. The van der Waals surface area contributed by atoms with Gasteiger partial charge in [0.25, 0.3) is 0 Å².